The summed E-state index contributed by atoms with van der Waals surface area (Å²) in [4.78, 5) is 41.1. The van der Waals surface area contributed by atoms with E-state index in [-0.39, 0.29) is 23.5 Å². The van der Waals surface area contributed by atoms with Gasteiger partial charge >= 0.3 is 5.69 Å². The summed E-state index contributed by atoms with van der Waals surface area (Å²) in [6, 6.07) is 6.48. The molecular formula is C15H12BrClN4O3. The standard InChI is InChI=1S/C15H12BrClN4O3/c1-19-12-11(13(23)20(2)15(19)24)21(14(16)18-12)7-10(22)8-3-5-9(17)6-4-8/h3-6H,7H2,1-2H3. The zero-order valence-corrected chi connectivity index (χ0v) is 15.1. The third-order valence-corrected chi connectivity index (χ3v) is 4.63. The predicted octanol–water partition coefficient (Wildman–Crippen LogP) is 1.73. The van der Waals surface area contributed by atoms with E-state index in [4.69, 9.17) is 11.6 Å². The van der Waals surface area contributed by atoms with Gasteiger partial charge in [0.15, 0.2) is 21.7 Å². The summed E-state index contributed by atoms with van der Waals surface area (Å²) < 4.78 is 4.01. The number of nitrogens with zero attached hydrogens (tertiary/aromatic N) is 4. The Balaban J connectivity index is 2.15. The number of aromatic nitrogens is 4. The monoisotopic (exact) mass is 410 g/mol. The van der Waals surface area contributed by atoms with E-state index >= 15 is 0 Å². The average Bonchev–Trinajstić information content (AvgIpc) is 2.88. The minimum absolute atomic E-state index is 0.0911. The number of carbonyl (C=O) groups is 1. The van der Waals surface area contributed by atoms with E-state index in [1.807, 2.05) is 0 Å². The minimum atomic E-state index is -0.504. The molecule has 0 unspecified atom stereocenters. The highest BCUT2D eigenvalue weighted by Crippen LogP contribution is 2.18. The molecule has 9 heteroatoms. The van der Waals surface area contributed by atoms with Crippen LogP contribution in [-0.2, 0) is 20.6 Å². The minimum Gasteiger partial charge on any atom is -0.305 e. The van der Waals surface area contributed by atoms with Gasteiger partial charge in [-0.3, -0.25) is 18.7 Å². The topological polar surface area (TPSA) is 78.9 Å². The molecule has 3 rings (SSSR count). The predicted molar refractivity (Wildman–Crippen MR) is 93.7 cm³/mol. The summed E-state index contributed by atoms with van der Waals surface area (Å²) in [5, 5.41) is 0.532. The molecule has 0 amide bonds. The van der Waals surface area contributed by atoms with E-state index in [1.165, 1.54) is 23.2 Å². The highest BCUT2D eigenvalue weighted by Gasteiger charge is 2.20. The number of fused-ring (bicyclic) bond motifs is 1. The van der Waals surface area contributed by atoms with E-state index in [9.17, 15) is 14.4 Å². The molecule has 0 saturated heterocycles. The van der Waals surface area contributed by atoms with Crippen LogP contribution in [0.15, 0.2) is 38.6 Å². The molecule has 7 nitrogen and oxygen atoms in total. The van der Waals surface area contributed by atoms with Gasteiger partial charge in [0.05, 0.1) is 6.54 Å². The van der Waals surface area contributed by atoms with E-state index in [0.29, 0.717) is 15.3 Å². The number of hydrogen-bond donors (Lipinski definition) is 0. The van der Waals surface area contributed by atoms with Crippen LogP contribution in [0.5, 0.6) is 0 Å². The van der Waals surface area contributed by atoms with E-state index < -0.39 is 11.2 Å². The highest BCUT2D eigenvalue weighted by molar-refractivity contribution is 9.10. The van der Waals surface area contributed by atoms with Gasteiger partial charge in [-0.25, -0.2) is 9.78 Å². The van der Waals surface area contributed by atoms with Gasteiger partial charge in [-0.05, 0) is 40.2 Å². The third kappa shape index (κ3) is 2.61. The van der Waals surface area contributed by atoms with Crippen molar-refractivity contribution in [1.29, 1.82) is 0 Å². The molecule has 2 aromatic heterocycles. The first-order valence-electron chi connectivity index (χ1n) is 6.91. The maximum atomic E-state index is 12.5. The molecule has 24 heavy (non-hydrogen) atoms. The van der Waals surface area contributed by atoms with Gasteiger partial charge in [0, 0.05) is 24.7 Å². The Kier molecular flexibility index (Phi) is 4.18. The molecule has 0 N–H and O–H groups in total. The molecule has 0 aliphatic rings. The lowest BCUT2D eigenvalue weighted by atomic mass is 10.1. The van der Waals surface area contributed by atoms with E-state index in [0.717, 1.165) is 4.57 Å². The summed E-state index contributed by atoms with van der Waals surface area (Å²) >= 11 is 9.08. The molecule has 0 radical (unpaired) electrons. The van der Waals surface area contributed by atoms with Crippen molar-refractivity contribution in [1.82, 2.24) is 18.7 Å². The van der Waals surface area contributed by atoms with Crippen molar-refractivity contribution in [2.75, 3.05) is 0 Å². The first-order chi connectivity index (χ1) is 11.3. The number of benzene rings is 1. The number of hydrogen-bond acceptors (Lipinski definition) is 4. The van der Waals surface area contributed by atoms with Gasteiger partial charge in [-0.15, -0.1) is 0 Å². The molecule has 1 aromatic carbocycles. The Morgan fingerprint density at radius 2 is 1.79 bits per heavy atom. The molecule has 0 aliphatic heterocycles. The lowest BCUT2D eigenvalue weighted by molar-refractivity contribution is 0.0972. The number of rotatable bonds is 3. The molecular weight excluding hydrogens is 400 g/mol. The normalized spacial score (nSPS) is 11.2. The molecule has 0 atom stereocenters. The Labute approximate surface area is 149 Å². The maximum Gasteiger partial charge on any atom is 0.332 e. The van der Waals surface area contributed by atoms with Crippen molar-refractivity contribution in [3.05, 3.63) is 60.4 Å². The van der Waals surface area contributed by atoms with Gasteiger partial charge in [-0.1, -0.05) is 11.6 Å². The first-order valence-corrected chi connectivity index (χ1v) is 8.09. The summed E-state index contributed by atoms with van der Waals surface area (Å²) in [5.41, 5.74) is -0.105. The summed E-state index contributed by atoms with van der Waals surface area (Å²) in [6.07, 6.45) is 0. The Morgan fingerprint density at radius 1 is 1.17 bits per heavy atom. The maximum absolute atomic E-state index is 12.5. The largest absolute Gasteiger partial charge is 0.332 e. The smallest absolute Gasteiger partial charge is 0.305 e. The number of carbonyl (C=O) groups excluding carboxylic acids is 1. The molecule has 0 bridgehead atoms. The van der Waals surface area contributed by atoms with Crippen molar-refractivity contribution >= 4 is 44.5 Å². The lowest BCUT2D eigenvalue weighted by Gasteiger charge is -2.07. The fourth-order valence-corrected chi connectivity index (χ4v) is 3.03. The van der Waals surface area contributed by atoms with Crippen LogP contribution in [0, 0.1) is 0 Å². The molecule has 0 saturated carbocycles. The molecule has 3 aromatic rings. The quantitative estimate of drug-likeness (QED) is 0.486. The number of ketones is 1. The first kappa shape index (κ1) is 16.7. The third-order valence-electron chi connectivity index (χ3n) is 3.77. The fourth-order valence-electron chi connectivity index (χ4n) is 2.43. The summed E-state index contributed by atoms with van der Waals surface area (Å²) in [6.45, 7) is -0.0911. The van der Waals surface area contributed by atoms with Gasteiger partial charge in [0.2, 0.25) is 0 Å². The van der Waals surface area contributed by atoms with E-state index in [2.05, 4.69) is 20.9 Å². The second-order valence-corrected chi connectivity index (χ2v) is 6.42. The van der Waals surface area contributed by atoms with Crippen LogP contribution < -0.4 is 11.2 Å². The van der Waals surface area contributed by atoms with E-state index in [1.54, 1.807) is 24.3 Å². The average molecular weight is 412 g/mol. The van der Waals surface area contributed by atoms with Crippen LogP contribution >= 0.6 is 27.5 Å². The molecule has 124 valence electrons. The van der Waals surface area contributed by atoms with Crippen LogP contribution in [0.25, 0.3) is 11.2 Å². The lowest BCUT2D eigenvalue weighted by Crippen LogP contribution is -2.37. The van der Waals surface area contributed by atoms with Crippen molar-refractivity contribution < 1.29 is 4.79 Å². The van der Waals surface area contributed by atoms with Crippen LogP contribution in [0.4, 0.5) is 0 Å². The number of halogens is 2. The summed E-state index contributed by atoms with van der Waals surface area (Å²) in [7, 11) is 2.91. The Morgan fingerprint density at radius 3 is 2.42 bits per heavy atom. The van der Waals surface area contributed by atoms with Crippen molar-refractivity contribution in [3.8, 4) is 0 Å². The second-order valence-electron chi connectivity index (χ2n) is 5.28. The van der Waals surface area contributed by atoms with Gasteiger partial charge in [0.25, 0.3) is 5.56 Å². The molecule has 2 heterocycles. The molecule has 0 spiro atoms. The fraction of sp³-hybridized carbons (Fsp3) is 0.200. The van der Waals surface area contributed by atoms with Crippen LogP contribution in [-0.4, -0.2) is 24.5 Å². The van der Waals surface area contributed by atoms with Gasteiger partial charge in [-0.2, -0.15) is 0 Å². The van der Waals surface area contributed by atoms with Crippen molar-refractivity contribution in [3.63, 3.8) is 0 Å². The number of Topliss-reactive ketones (excluding diaryl/α,β-unsaturated/α-hetero) is 1. The summed E-state index contributed by atoms with van der Waals surface area (Å²) in [5.74, 6) is -0.206. The zero-order chi connectivity index (χ0) is 17.6. The number of imidazole rings is 1. The van der Waals surface area contributed by atoms with Crippen LogP contribution in [0.3, 0.4) is 0 Å². The second kappa shape index (κ2) is 6.03. The van der Waals surface area contributed by atoms with Gasteiger partial charge in [0.1, 0.15) is 0 Å². The zero-order valence-electron chi connectivity index (χ0n) is 12.8. The van der Waals surface area contributed by atoms with Crippen LogP contribution in [0.1, 0.15) is 10.4 Å². The SMILES string of the molecule is Cn1c(=O)c2c(nc(Br)n2CC(=O)c2ccc(Cl)cc2)n(C)c1=O. The van der Waals surface area contributed by atoms with Gasteiger partial charge < -0.3 is 4.57 Å². The van der Waals surface area contributed by atoms with Crippen LogP contribution in [0.2, 0.25) is 5.02 Å². The highest BCUT2D eigenvalue weighted by atomic mass is 79.9. The van der Waals surface area contributed by atoms with Crippen molar-refractivity contribution in [2.45, 2.75) is 6.54 Å². The molecule has 0 fully saturated rings. The molecule has 0 aliphatic carbocycles. The van der Waals surface area contributed by atoms with Crippen molar-refractivity contribution in [2.24, 2.45) is 14.1 Å². The Bertz CT molecular complexity index is 1080. The Hall–Kier alpha value is -2.19. The number of aryl methyl sites for hydroxylation is 1.